The molecule has 1 amide bonds. The highest BCUT2D eigenvalue weighted by molar-refractivity contribution is 9.10. The van der Waals surface area contributed by atoms with Gasteiger partial charge in [-0.25, -0.2) is 5.43 Å². The molecule has 2 aromatic rings. The number of carbonyl (C=O) groups excluding carboxylic acids is 1. The molecule has 0 spiro atoms. The number of phenolic OH excluding ortho intramolecular Hbond substituents is 1. The Morgan fingerprint density at radius 1 is 1.48 bits per heavy atom. The molecule has 0 unspecified atom stereocenters. The third-order valence-corrected chi connectivity index (χ3v) is 3.71. The Kier molecular flexibility index (Phi) is 5.22. The van der Waals surface area contributed by atoms with Crippen LogP contribution in [0.25, 0.3) is 0 Å². The van der Waals surface area contributed by atoms with E-state index in [-0.39, 0.29) is 23.5 Å². The number of hydrazone groups is 1. The molecular formula is C14H15BrN4O4. The SMILES string of the molecule is COc1cc(C=NNC(=O)Cc2c(C)[nH][nH]c2=O)cc(Br)c1O. The fraction of sp³-hybridized carbons (Fsp3) is 0.214. The van der Waals surface area contributed by atoms with Crippen molar-refractivity contribution in [3.63, 3.8) is 0 Å². The van der Waals surface area contributed by atoms with E-state index < -0.39 is 5.91 Å². The predicted molar refractivity (Wildman–Crippen MR) is 87.9 cm³/mol. The third kappa shape index (κ3) is 4.01. The van der Waals surface area contributed by atoms with Crippen LogP contribution in [-0.4, -0.2) is 34.5 Å². The van der Waals surface area contributed by atoms with E-state index in [1.807, 2.05) is 0 Å². The average molecular weight is 383 g/mol. The van der Waals surface area contributed by atoms with Crippen LogP contribution in [0.1, 0.15) is 16.8 Å². The number of phenols is 1. The van der Waals surface area contributed by atoms with Crippen molar-refractivity contribution in [2.75, 3.05) is 7.11 Å². The van der Waals surface area contributed by atoms with Gasteiger partial charge in [0, 0.05) is 11.3 Å². The van der Waals surface area contributed by atoms with Crippen LogP contribution >= 0.6 is 15.9 Å². The van der Waals surface area contributed by atoms with E-state index in [1.54, 1.807) is 19.1 Å². The van der Waals surface area contributed by atoms with Gasteiger partial charge in [-0.05, 0) is 40.5 Å². The molecule has 9 heteroatoms. The molecule has 0 saturated heterocycles. The summed E-state index contributed by atoms with van der Waals surface area (Å²) in [7, 11) is 1.43. The highest BCUT2D eigenvalue weighted by atomic mass is 79.9. The van der Waals surface area contributed by atoms with Gasteiger partial charge >= 0.3 is 0 Å². The number of rotatable bonds is 5. The Hall–Kier alpha value is -2.55. The van der Waals surface area contributed by atoms with Crippen LogP contribution in [0.5, 0.6) is 11.5 Å². The van der Waals surface area contributed by atoms with Crippen LogP contribution in [0, 0.1) is 6.92 Å². The number of nitrogens with zero attached hydrogens (tertiary/aromatic N) is 1. The molecule has 0 aliphatic rings. The smallest absolute Gasteiger partial charge is 0.267 e. The highest BCUT2D eigenvalue weighted by Crippen LogP contribution is 2.34. The molecule has 0 fully saturated rings. The maximum atomic E-state index is 11.8. The van der Waals surface area contributed by atoms with Crippen molar-refractivity contribution in [1.29, 1.82) is 0 Å². The van der Waals surface area contributed by atoms with E-state index in [9.17, 15) is 14.7 Å². The summed E-state index contributed by atoms with van der Waals surface area (Å²) in [6.07, 6.45) is 1.32. The lowest BCUT2D eigenvalue weighted by molar-refractivity contribution is -0.120. The largest absolute Gasteiger partial charge is 0.503 e. The van der Waals surface area contributed by atoms with E-state index >= 15 is 0 Å². The first kappa shape index (κ1) is 16.8. The quantitative estimate of drug-likeness (QED) is 0.458. The molecule has 1 aromatic carbocycles. The van der Waals surface area contributed by atoms with Crippen LogP contribution in [0.3, 0.4) is 0 Å². The van der Waals surface area contributed by atoms with E-state index in [0.29, 0.717) is 21.3 Å². The molecule has 4 N–H and O–H groups in total. The Balaban J connectivity index is 2.03. The molecule has 2 rings (SSSR count). The first-order chi connectivity index (χ1) is 10.9. The average Bonchev–Trinajstić information content (AvgIpc) is 2.82. The number of ether oxygens (including phenoxy) is 1. The van der Waals surface area contributed by atoms with Gasteiger partial charge in [0.15, 0.2) is 11.5 Å². The zero-order valence-electron chi connectivity index (χ0n) is 12.4. The summed E-state index contributed by atoms with van der Waals surface area (Å²) in [5.74, 6) is -0.156. The number of benzene rings is 1. The highest BCUT2D eigenvalue weighted by Gasteiger charge is 2.11. The van der Waals surface area contributed by atoms with Crippen LogP contribution in [0.4, 0.5) is 0 Å². The number of aromatic nitrogens is 2. The first-order valence-electron chi connectivity index (χ1n) is 6.57. The van der Waals surface area contributed by atoms with Crippen LogP contribution < -0.4 is 15.7 Å². The molecule has 1 heterocycles. The Labute approximate surface area is 139 Å². The maximum Gasteiger partial charge on any atom is 0.267 e. The summed E-state index contributed by atoms with van der Waals surface area (Å²) >= 11 is 3.19. The lowest BCUT2D eigenvalue weighted by Gasteiger charge is -2.06. The second-order valence-corrected chi connectivity index (χ2v) is 5.56. The number of methoxy groups -OCH3 is 1. The minimum Gasteiger partial charge on any atom is -0.503 e. The summed E-state index contributed by atoms with van der Waals surface area (Å²) in [6, 6.07) is 3.19. The number of aryl methyl sites for hydroxylation is 1. The molecular weight excluding hydrogens is 368 g/mol. The fourth-order valence-electron chi connectivity index (χ4n) is 1.89. The minimum absolute atomic E-state index is 0.0177. The van der Waals surface area contributed by atoms with Crippen molar-refractivity contribution in [3.05, 3.63) is 43.8 Å². The number of nitrogens with one attached hydrogen (secondary N) is 3. The molecule has 0 saturated carbocycles. The van der Waals surface area contributed by atoms with E-state index in [2.05, 4.69) is 36.7 Å². The number of aromatic amines is 2. The summed E-state index contributed by atoms with van der Waals surface area (Å²) < 4.78 is 5.46. The topological polar surface area (TPSA) is 120 Å². The zero-order chi connectivity index (χ0) is 17.0. The number of hydrogen-bond acceptors (Lipinski definition) is 5. The minimum atomic E-state index is -0.417. The zero-order valence-corrected chi connectivity index (χ0v) is 14.0. The first-order valence-corrected chi connectivity index (χ1v) is 7.36. The number of amides is 1. The molecule has 0 radical (unpaired) electrons. The molecule has 0 aliphatic carbocycles. The summed E-state index contributed by atoms with van der Waals surface area (Å²) in [5, 5.41) is 18.6. The Morgan fingerprint density at radius 2 is 2.22 bits per heavy atom. The molecule has 0 atom stereocenters. The molecule has 0 aliphatic heterocycles. The molecule has 122 valence electrons. The lowest BCUT2D eigenvalue weighted by Crippen LogP contribution is -2.23. The van der Waals surface area contributed by atoms with E-state index in [4.69, 9.17) is 4.74 Å². The second-order valence-electron chi connectivity index (χ2n) is 4.71. The number of aromatic hydroxyl groups is 1. The van der Waals surface area contributed by atoms with Crippen LogP contribution in [-0.2, 0) is 11.2 Å². The van der Waals surface area contributed by atoms with Gasteiger partial charge in [0.1, 0.15) is 0 Å². The Bertz CT molecular complexity index is 810. The van der Waals surface area contributed by atoms with Crippen LogP contribution in [0.2, 0.25) is 0 Å². The van der Waals surface area contributed by atoms with Gasteiger partial charge < -0.3 is 14.9 Å². The van der Waals surface area contributed by atoms with E-state index in [1.165, 1.54) is 13.3 Å². The van der Waals surface area contributed by atoms with Gasteiger partial charge in [0.2, 0.25) is 5.91 Å². The van der Waals surface area contributed by atoms with Gasteiger partial charge in [-0.3, -0.25) is 14.7 Å². The number of halogens is 1. The number of hydrogen-bond donors (Lipinski definition) is 4. The van der Waals surface area contributed by atoms with Gasteiger partial charge in [-0.1, -0.05) is 0 Å². The van der Waals surface area contributed by atoms with Crippen molar-refractivity contribution >= 4 is 28.1 Å². The summed E-state index contributed by atoms with van der Waals surface area (Å²) in [5.41, 5.74) is 3.61. The van der Waals surface area contributed by atoms with Crippen molar-refractivity contribution in [2.24, 2.45) is 5.10 Å². The number of carbonyl (C=O) groups is 1. The van der Waals surface area contributed by atoms with Gasteiger partial charge in [-0.15, -0.1) is 0 Å². The summed E-state index contributed by atoms with van der Waals surface area (Å²) in [6.45, 7) is 1.70. The van der Waals surface area contributed by atoms with Crippen molar-refractivity contribution < 1.29 is 14.6 Å². The Morgan fingerprint density at radius 3 is 2.83 bits per heavy atom. The van der Waals surface area contributed by atoms with Crippen molar-refractivity contribution in [3.8, 4) is 11.5 Å². The number of H-pyrrole nitrogens is 2. The van der Waals surface area contributed by atoms with Crippen LogP contribution in [0.15, 0.2) is 26.5 Å². The van der Waals surface area contributed by atoms with Gasteiger partial charge in [0.25, 0.3) is 5.56 Å². The standard InChI is InChI=1S/C14H15BrN4O4/c1-7-9(14(22)19-17-7)5-12(20)18-16-6-8-3-10(15)13(21)11(4-8)23-2/h3-4,6,21H,5H2,1-2H3,(H,18,20)(H2,17,19,22). The third-order valence-electron chi connectivity index (χ3n) is 3.10. The van der Waals surface area contributed by atoms with E-state index in [0.717, 1.165) is 0 Å². The second kappa shape index (κ2) is 7.14. The predicted octanol–water partition coefficient (Wildman–Crippen LogP) is 1.18. The molecule has 0 bridgehead atoms. The molecule has 23 heavy (non-hydrogen) atoms. The van der Waals surface area contributed by atoms with Crippen molar-refractivity contribution in [1.82, 2.24) is 15.6 Å². The summed E-state index contributed by atoms with van der Waals surface area (Å²) in [4.78, 5) is 23.2. The maximum absolute atomic E-state index is 11.8. The molecule has 8 nitrogen and oxygen atoms in total. The lowest BCUT2D eigenvalue weighted by atomic mass is 10.2. The molecule has 1 aromatic heterocycles. The monoisotopic (exact) mass is 382 g/mol. The van der Waals surface area contributed by atoms with Crippen molar-refractivity contribution in [2.45, 2.75) is 13.3 Å². The van der Waals surface area contributed by atoms with Gasteiger partial charge in [-0.2, -0.15) is 5.10 Å². The fourth-order valence-corrected chi connectivity index (χ4v) is 2.35. The normalized spacial score (nSPS) is 10.9. The van der Waals surface area contributed by atoms with Gasteiger partial charge in [0.05, 0.1) is 24.2 Å².